The van der Waals surface area contributed by atoms with Crippen molar-refractivity contribution in [3.8, 4) is 0 Å². The number of carboxylic acids is 4. The van der Waals surface area contributed by atoms with Crippen LogP contribution in [-0.2, 0) is 19.2 Å². The first-order chi connectivity index (χ1) is 9.20. The Balaban J connectivity index is -0.000000180. The van der Waals surface area contributed by atoms with Crippen molar-refractivity contribution in [3.05, 3.63) is 0 Å². The number of rotatable bonds is 11. The van der Waals surface area contributed by atoms with E-state index in [-0.39, 0.29) is 102 Å². The molecule has 0 saturated heterocycles. The van der Waals surface area contributed by atoms with E-state index in [1.165, 1.54) is 0 Å². The average Bonchev–Trinajstić information content (AvgIpc) is 2.22. The van der Waals surface area contributed by atoms with Crippen LogP contribution in [0.1, 0.15) is 2.85 Å². The normalized spacial score (nSPS) is 9.30. The summed E-state index contributed by atoms with van der Waals surface area (Å²) in [6, 6.07) is 0. The van der Waals surface area contributed by atoms with E-state index in [0.717, 1.165) is 9.80 Å². The fourth-order valence-corrected chi connectivity index (χ4v) is 1.48. The second-order valence-corrected chi connectivity index (χ2v) is 4.00. The Morgan fingerprint density at radius 3 is 0.913 bits per heavy atom. The molecule has 0 bridgehead atoms. The van der Waals surface area contributed by atoms with Gasteiger partial charge in [0, 0.05) is 13.1 Å². The van der Waals surface area contributed by atoms with E-state index in [1.807, 2.05) is 0 Å². The molecule has 0 aromatic carbocycles. The molecule has 23 heavy (non-hydrogen) atoms. The van der Waals surface area contributed by atoms with E-state index in [9.17, 15) is 19.2 Å². The van der Waals surface area contributed by atoms with Gasteiger partial charge in [0.1, 0.15) is 0 Å². The Morgan fingerprint density at radius 2 is 0.783 bits per heavy atom. The molecule has 0 aromatic heterocycles. The molecule has 0 aromatic rings. The van der Waals surface area contributed by atoms with Crippen LogP contribution in [0.15, 0.2) is 0 Å². The molecule has 2 radical (unpaired) electrons. The van der Waals surface area contributed by atoms with Crippen molar-refractivity contribution in [3.63, 3.8) is 0 Å². The Hall–Kier alpha value is 0.722. The van der Waals surface area contributed by atoms with Crippen LogP contribution in [0.4, 0.5) is 0 Å². The summed E-state index contributed by atoms with van der Waals surface area (Å²) in [6.07, 6.45) is 0. The summed E-state index contributed by atoms with van der Waals surface area (Å²) in [5.41, 5.74) is 0. The topological polar surface area (TPSA) is 156 Å². The summed E-state index contributed by atoms with van der Waals surface area (Å²) >= 11 is 0. The molecule has 0 amide bonds. The molecule has 0 spiro atoms. The number of nitrogens with zero attached hydrogens (tertiary/aromatic N) is 2. The zero-order valence-electron chi connectivity index (χ0n) is 15.3. The molecule has 124 valence electrons. The van der Waals surface area contributed by atoms with Gasteiger partial charge in [-0.05, 0) is 0 Å². The van der Waals surface area contributed by atoms with Crippen LogP contribution in [0.2, 0.25) is 0 Å². The number of carboxylic acid groups (broad SMARTS) is 4. The Kier molecular flexibility index (Phi) is 24.0. The van der Waals surface area contributed by atoms with Crippen LogP contribution < -0.4 is 59.1 Å². The van der Waals surface area contributed by atoms with E-state index < -0.39 is 50.1 Å². The second kappa shape index (κ2) is 17.5. The van der Waals surface area contributed by atoms with E-state index >= 15 is 0 Å². The third-order valence-electron chi connectivity index (χ3n) is 2.17. The second-order valence-electron chi connectivity index (χ2n) is 4.00. The zero-order valence-corrected chi connectivity index (χ0v) is 22.8. The first-order valence-corrected chi connectivity index (χ1v) is 5.52. The quantitative estimate of drug-likeness (QED) is 0.183. The van der Waals surface area contributed by atoms with E-state index in [4.69, 9.17) is 20.4 Å². The predicted octanol–water partition coefficient (Wildman–Crippen LogP) is -8.75. The minimum absolute atomic E-state index is 0. The Morgan fingerprint density at radius 1 is 0.609 bits per heavy atom. The van der Waals surface area contributed by atoms with Gasteiger partial charge in [0.05, 0.1) is 26.2 Å². The van der Waals surface area contributed by atoms with Gasteiger partial charge in [-0.25, -0.2) is 0 Å². The predicted molar refractivity (Wildman–Crippen MR) is 74.2 cm³/mol. The molecule has 0 heterocycles. The third kappa shape index (κ3) is 20.7. The monoisotopic (exact) mass is 550 g/mol. The Bertz CT molecular complexity index is 341. The van der Waals surface area contributed by atoms with Crippen LogP contribution >= 0.6 is 0 Å². The van der Waals surface area contributed by atoms with E-state index in [1.54, 1.807) is 0 Å². The summed E-state index contributed by atoms with van der Waals surface area (Å²) < 4.78 is 0. The van der Waals surface area contributed by atoms with Gasteiger partial charge >= 0.3 is 110 Å². The van der Waals surface area contributed by atoms with Crippen molar-refractivity contribution in [1.29, 1.82) is 0 Å². The maximum absolute atomic E-state index is 10.6. The van der Waals surface area contributed by atoms with Crippen molar-refractivity contribution in [2.24, 2.45) is 0 Å². The van der Waals surface area contributed by atoms with Crippen LogP contribution in [0.3, 0.4) is 0 Å². The SMILES string of the molecule is O=C(O)CN(CCN(CC(=O)O)CC(=O)O)CC(=O)O.[H-].[H-].[Na+].[Na+].[PbH2]. The van der Waals surface area contributed by atoms with Crippen LogP contribution in [0.5, 0.6) is 0 Å². The molecule has 13 heteroatoms. The van der Waals surface area contributed by atoms with Gasteiger partial charge in [-0.3, -0.25) is 29.0 Å². The van der Waals surface area contributed by atoms with Crippen molar-refractivity contribution in [2.45, 2.75) is 0 Å². The van der Waals surface area contributed by atoms with Gasteiger partial charge in [-0.2, -0.15) is 0 Å². The third-order valence-corrected chi connectivity index (χ3v) is 2.17. The molecule has 0 atom stereocenters. The van der Waals surface area contributed by atoms with E-state index in [2.05, 4.69) is 0 Å². The molecule has 0 rings (SSSR count). The summed E-state index contributed by atoms with van der Waals surface area (Å²) in [7, 11) is 0. The molecular weight excluding hydrogens is 529 g/mol. The summed E-state index contributed by atoms with van der Waals surface area (Å²) in [5, 5.41) is 34.5. The molecule has 0 saturated carbocycles. The van der Waals surface area contributed by atoms with Crippen molar-refractivity contribution < 1.29 is 102 Å². The fraction of sp³-hybridized carbons (Fsp3) is 0.600. The molecule has 0 aliphatic carbocycles. The molecule has 0 unspecified atom stereocenters. The maximum atomic E-state index is 10.6. The minimum atomic E-state index is -1.23. The molecule has 10 nitrogen and oxygen atoms in total. The molecule has 0 aliphatic rings. The van der Waals surface area contributed by atoms with Gasteiger partial charge < -0.3 is 23.3 Å². The number of carbonyl (C=O) groups is 4. The van der Waals surface area contributed by atoms with Crippen molar-refractivity contribution in [1.82, 2.24) is 9.80 Å². The fourth-order valence-electron chi connectivity index (χ4n) is 1.48. The van der Waals surface area contributed by atoms with E-state index in [0.29, 0.717) is 0 Å². The van der Waals surface area contributed by atoms with Gasteiger partial charge in [0.2, 0.25) is 0 Å². The van der Waals surface area contributed by atoms with Gasteiger partial charge in [0.25, 0.3) is 0 Å². The summed E-state index contributed by atoms with van der Waals surface area (Å²) in [5.74, 6) is -4.91. The standard InChI is InChI=1S/C10H16N2O8.2Na.Pb.4H/c13-7(14)3-11(4-8(15)16)1-2-12(5-9(17)18)6-10(19)20;;;;;;;/h1-6H2,(H,13,14)(H,15,16)(H,17,18)(H,19,20);;;;;;;/q;2*+1;;;;2*-1. The Labute approximate surface area is 199 Å². The first kappa shape index (κ1) is 31.5. The van der Waals surface area contributed by atoms with Gasteiger partial charge in [-0.1, -0.05) is 0 Å². The van der Waals surface area contributed by atoms with Gasteiger partial charge in [0.15, 0.2) is 0 Å². The average molecular weight is 549 g/mol. The van der Waals surface area contributed by atoms with Crippen LogP contribution in [-0.4, -0.2) is 121 Å². The number of hydrogen-bond acceptors (Lipinski definition) is 6. The number of hydrogen-bond donors (Lipinski definition) is 4. The number of aliphatic carboxylic acids is 4. The summed E-state index contributed by atoms with van der Waals surface area (Å²) in [4.78, 5) is 44.4. The summed E-state index contributed by atoms with van der Waals surface area (Å²) in [6.45, 7) is -2.25. The van der Waals surface area contributed by atoms with Crippen molar-refractivity contribution in [2.75, 3.05) is 39.3 Å². The molecule has 0 aliphatic heterocycles. The van der Waals surface area contributed by atoms with Crippen molar-refractivity contribution >= 4 is 51.2 Å². The molecule has 4 N–H and O–H groups in total. The molecular formula is C10H20N2Na2O8Pb. The van der Waals surface area contributed by atoms with Crippen LogP contribution in [0.25, 0.3) is 0 Å². The molecule has 0 fully saturated rings. The first-order valence-electron chi connectivity index (χ1n) is 5.52. The van der Waals surface area contributed by atoms with Gasteiger partial charge in [-0.15, -0.1) is 0 Å². The zero-order chi connectivity index (χ0) is 15.7. The van der Waals surface area contributed by atoms with Crippen LogP contribution in [0, 0.1) is 0 Å².